The maximum atomic E-state index is 13.7. The third kappa shape index (κ3) is 7.06. The Morgan fingerprint density at radius 1 is 0.907 bits per heavy atom. The first-order valence-electron chi connectivity index (χ1n) is 15.0. The predicted molar refractivity (Wildman–Crippen MR) is 169 cm³/mol. The quantitative estimate of drug-likeness (QED) is 0.246. The van der Waals surface area contributed by atoms with E-state index >= 15 is 0 Å². The summed E-state index contributed by atoms with van der Waals surface area (Å²) in [5.41, 5.74) is 4.86. The number of nitrogens with one attached hydrogen (secondary N) is 2. The van der Waals surface area contributed by atoms with Crippen molar-refractivity contribution in [3.63, 3.8) is 0 Å². The Morgan fingerprint density at radius 3 is 2.40 bits per heavy atom. The maximum absolute atomic E-state index is 13.7. The molecule has 2 fully saturated rings. The molecule has 1 saturated carbocycles. The first-order valence-corrected chi connectivity index (χ1v) is 15.0. The zero-order valence-electron chi connectivity index (χ0n) is 25.1. The van der Waals surface area contributed by atoms with Gasteiger partial charge in [0.1, 0.15) is 5.60 Å². The number of carbonyl (C=O) groups is 2. The molecule has 1 aliphatic heterocycles. The van der Waals surface area contributed by atoms with E-state index in [-0.39, 0.29) is 5.91 Å². The Morgan fingerprint density at radius 2 is 1.67 bits per heavy atom. The number of benzene rings is 3. The summed E-state index contributed by atoms with van der Waals surface area (Å²) < 4.78 is 13.0. The predicted octanol–water partition coefficient (Wildman–Crippen LogP) is 6.51. The average molecular weight is 582 g/mol. The highest BCUT2D eigenvalue weighted by Crippen LogP contribution is 2.42. The topological polar surface area (TPSA) is 97.7 Å². The zero-order chi connectivity index (χ0) is 30.0. The van der Waals surface area contributed by atoms with Gasteiger partial charge in [-0.1, -0.05) is 36.4 Å². The lowest BCUT2D eigenvalue weighted by atomic mass is 10.0. The molecule has 0 radical (unpaired) electrons. The van der Waals surface area contributed by atoms with Gasteiger partial charge in [-0.05, 0) is 75.1 Å². The van der Waals surface area contributed by atoms with Gasteiger partial charge in [-0.3, -0.25) is 19.7 Å². The Hall–Kier alpha value is -4.21. The van der Waals surface area contributed by atoms with E-state index in [1.165, 1.54) is 0 Å². The van der Waals surface area contributed by atoms with Crippen molar-refractivity contribution in [1.82, 2.24) is 14.7 Å². The summed E-state index contributed by atoms with van der Waals surface area (Å²) in [6, 6.07) is 21.3. The number of rotatable bonds is 8. The highest BCUT2D eigenvalue weighted by Gasteiger charge is 2.30. The average Bonchev–Trinajstić information content (AvgIpc) is 3.77. The van der Waals surface area contributed by atoms with Crippen molar-refractivity contribution in [2.75, 3.05) is 43.5 Å². The SMILES string of the molecule is CC(C)(C)OC(=O)Nc1ccc(-c2ccccc2)cc1NC(=O)c1ccc2c(c1)c(C1CC1)nn2CCN1CCOCC1. The van der Waals surface area contributed by atoms with Gasteiger partial charge in [0, 0.05) is 36.5 Å². The minimum absolute atomic E-state index is 0.262. The van der Waals surface area contributed by atoms with Crippen molar-refractivity contribution in [1.29, 1.82) is 0 Å². The smallest absolute Gasteiger partial charge is 0.412 e. The van der Waals surface area contributed by atoms with Crippen LogP contribution in [-0.2, 0) is 16.0 Å². The first kappa shape index (κ1) is 28.9. The summed E-state index contributed by atoms with van der Waals surface area (Å²) in [6.07, 6.45) is 1.66. The number of fused-ring (bicyclic) bond motifs is 1. The van der Waals surface area contributed by atoms with Gasteiger partial charge in [0.2, 0.25) is 0 Å². The molecule has 0 unspecified atom stereocenters. The van der Waals surface area contributed by atoms with Crippen LogP contribution in [0.1, 0.15) is 55.6 Å². The Labute approximate surface area is 252 Å². The van der Waals surface area contributed by atoms with Crippen LogP contribution in [-0.4, -0.2) is 65.1 Å². The van der Waals surface area contributed by atoms with E-state index in [0.717, 1.165) is 80.0 Å². The molecular weight excluding hydrogens is 542 g/mol. The number of ether oxygens (including phenoxy) is 2. The number of nitrogens with zero attached hydrogens (tertiary/aromatic N) is 3. The molecule has 0 atom stereocenters. The van der Waals surface area contributed by atoms with Crippen molar-refractivity contribution < 1.29 is 19.1 Å². The fourth-order valence-corrected chi connectivity index (χ4v) is 5.41. The minimum Gasteiger partial charge on any atom is -0.444 e. The number of morpholine rings is 1. The molecule has 224 valence electrons. The van der Waals surface area contributed by atoms with Crippen LogP contribution in [0.3, 0.4) is 0 Å². The summed E-state index contributed by atoms with van der Waals surface area (Å²) in [4.78, 5) is 28.7. The summed E-state index contributed by atoms with van der Waals surface area (Å²) >= 11 is 0. The molecule has 1 saturated heterocycles. The second-order valence-corrected chi connectivity index (χ2v) is 12.3. The fourth-order valence-electron chi connectivity index (χ4n) is 5.41. The van der Waals surface area contributed by atoms with Crippen LogP contribution in [0.5, 0.6) is 0 Å². The molecule has 4 aromatic rings. The molecule has 3 aromatic carbocycles. The molecule has 9 heteroatoms. The summed E-state index contributed by atoms with van der Waals surface area (Å²) in [5, 5.41) is 11.9. The van der Waals surface area contributed by atoms with Crippen LogP contribution >= 0.6 is 0 Å². The number of carbonyl (C=O) groups excluding carboxylic acids is 2. The summed E-state index contributed by atoms with van der Waals surface area (Å²) in [7, 11) is 0. The second kappa shape index (κ2) is 12.2. The van der Waals surface area contributed by atoms with Gasteiger partial charge in [-0.25, -0.2) is 4.79 Å². The van der Waals surface area contributed by atoms with E-state index in [1.807, 2.05) is 81.4 Å². The number of aromatic nitrogens is 2. The number of hydrogen-bond acceptors (Lipinski definition) is 6. The Balaban J connectivity index is 1.27. The van der Waals surface area contributed by atoms with Gasteiger partial charge >= 0.3 is 6.09 Å². The Bertz CT molecular complexity index is 1620. The van der Waals surface area contributed by atoms with Gasteiger partial charge in [-0.2, -0.15) is 5.10 Å². The van der Waals surface area contributed by atoms with Gasteiger partial charge in [0.25, 0.3) is 5.91 Å². The molecule has 2 aliphatic rings. The van der Waals surface area contributed by atoms with E-state index < -0.39 is 11.7 Å². The molecule has 0 spiro atoms. The van der Waals surface area contributed by atoms with Crippen molar-refractivity contribution in [2.24, 2.45) is 0 Å². The van der Waals surface area contributed by atoms with Gasteiger partial charge in [-0.15, -0.1) is 0 Å². The van der Waals surface area contributed by atoms with Crippen LogP contribution in [0, 0.1) is 0 Å². The molecule has 6 rings (SSSR count). The van der Waals surface area contributed by atoms with Crippen molar-refractivity contribution in [3.8, 4) is 11.1 Å². The van der Waals surface area contributed by atoms with Crippen LogP contribution in [0.2, 0.25) is 0 Å². The van der Waals surface area contributed by atoms with Gasteiger partial charge in [0.05, 0.1) is 42.3 Å². The molecule has 2 amide bonds. The van der Waals surface area contributed by atoms with Crippen LogP contribution in [0.15, 0.2) is 66.7 Å². The summed E-state index contributed by atoms with van der Waals surface area (Å²) in [5.74, 6) is 0.180. The van der Waals surface area contributed by atoms with Crippen LogP contribution in [0.4, 0.5) is 16.2 Å². The number of hydrogen-bond donors (Lipinski definition) is 2. The van der Waals surface area contributed by atoms with Gasteiger partial charge in [0.15, 0.2) is 0 Å². The molecule has 0 bridgehead atoms. The van der Waals surface area contributed by atoms with Crippen molar-refractivity contribution in [3.05, 3.63) is 78.0 Å². The van der Waals surface area contributed by atoms with E-state index in [4.69, 9.17) is 14.6 Å². The summed E-state index contributed by atoms with van der Waals surface area (Å²) in [6.45, 7) is 10.6. The second-order valence-electron chi connectivity index (χ2n) is 12.3. The maximum Gasteiger partial charge on any atom is 0.412 e. The normalized spacial score (nSPS) is 15.8. The van der Waals surface area contributed by atoms with Crippen LogP contribution < -0.4 is 10.6 Å². The highest BCUT2D eigenvalue weighted by atomic mass is 16.6. The molecule has 2 heterocycles. The first-order chi connectivity index (χ1) is 20.7. The fraction of sp³-hybridized carbons (Fsp3) is 0.382. The van der Waals surface area contributed by atoms with Crippen molar-refractivity contribution in [2.45, 2.75) is 51.7 Å². The lowest BCUT2D eigenvalue weighted by Gasteiger charge is -2.26. The molecule has 1 aromatic heterocycles. The monoisotopic (exact) mass is 581 g/mol. The van der Waals surface area contributed by atoms with E-state index in [2.05, 4.69) is 20.2 Å². The van der Waals surface area contributed by atoms with E-state index in [9.17, 15) is 9.59 Å². The number of amides is 2. The molecule has 1 aliphatic carbocycles. The van der Waals surface area contributed by atoms with E-state index in [1.54, 1.807) is 6.07 Å². The van der Waals surface area contributed by atoms with E-state index in [0.29, 0.717) is 22.9 Å². The third-order valence-electron chi connectivity index (χ3n) is 7.75. The lowest BCUT2D eigenvalue weighted by Crippen LogP contribution is -2.38. The third-order valence-corrected chi connectivity index (χ3v) is 7.75. The Kier molecular flexibility index (Phi) is 8.19. The minimum atomic E-state index is -0.654. The molecular formula is C34H39N5O4. The standard InChI is InChI=1S/C34H39N5O4/c1-34(2,3)43-33(41)36-28-13-11-25(23-7-5-4-6-8-23)22-29(28)35-32(40)26-12-14-30-27(21-26)31(24-9-10-24)37-39(30)16-15-38-17-19-42-20-18-38/h4-8,11-14,21-22,24H,9-10,15-20H2,1-3H3,(H,35,40)(H,36,41). The van der Waals surface area contributed by atoms with Gasteiger partial charge < -0.3 is 14.8 Å². The number of anilines is 2. The highest BCUT2D eigenvalue weighted by molar-refractivity contribution is 6.09. The lowest BCUT2D eigenvalue weighted by molar-refractivity contribution is 0.0361. The molecule has 2 N–H and O–H groups in total. The zero-order valence-corrected chi connectivity index (χ0v) is 25.1. The van der Waals surface area contributed by atoms with Crippen molar-refractivity contribution >= 4 is 34.3 Å². The molecule has 43 heavy (non-hydrogen) atoms. The molecule has 9 nitrogen and oxygen atoms in total. The largest absolute Gasteiger partial charge is 0.444 e. The van der Waals surface area contributed by atoms with Crippen LogP contribution in [0.25, 0.3) is 22.0 Å².